The lowest BCUT2D eigenvalue weighted by Gasteiger charge is -2.22. The van der Waals surface area contributed by atoms with E-state index in [-0.39, 0.29) is 19.4 Å². The number of nitrogens with one attached hydrogen (secondary N) is 1. The summed E-state index contributed by atoms with van der Waals surface area (Å²) in [6.45, 7) is 8.22. The Morgan fingerprint density at radius 2 is 1.43 bits per heavy atom. The number of aromatic nitrogens is 2. The van der Waals surface area contributed by atoms with Crippen LogP contribution >= 0.6 is 8.60 Å². The van der Waals surface area contributed by atoms with Crippen LogP contribution in [0.3, 0.4) is 0 Å². The molecular weight excluding hydrogens is 603 g/mol. The minimum absolute atomic E-state index is 0.125. The molecule has 42 heavy (non-hydrogen) atoms. The highest BCUT2D eigenvalue weighted by atomic mass is 31.2. The zero-order valence-electron chi connectivity index (χ0n) is 24.1. The smallest absolute Gasteiger partial charge is 0.429 e. The van der Waals surface area contributed by atoms with Gasteiger partial charge in [-0.05, 0) is 54.4 Å². The number of carbonyl (C=O) groups is 2. The maximum Gasteiger partial charge on any atom is 0.510 e. The van der Waals surface area contributed by atoms with Gasteiger partial charge in [0.25, 0.3) is 5.56 Å². The van der Waals surface area contributed by atoms with Crippen molar-refractivity contribution in [2.45, 2.75) is 84.1 Å². The molecule has 242 valence electrons. The van der Waals surface area contributed by atoms with Crippen LogP contribution in [0.4, 0.5) is 27.2 Å². The molecule has 0 aromatic carbocycles. The number of ether oxygens (including phenoxy) is 5. The van der Waals surface area contributed by atoms with E-state index in [0.29, 0.717) is 17.9 Å². The molecule has 0 radical (unpaired) electrons. The fourth-order valence-electron chi connectivity index (χ4n) is 2.96. The first kappa shape index (κ1) is 37.2. The van der Waals surface area contributed by atoms with E-state index in [9.17, 15) is 36.7 Å². The van der Waals surface area contributed by atoms with Gasteiger partial charge in [0.05, 0.1) is 19.9 Å². The van der Waals surface area contributed by atoms with Crippen LogP contribution in [0.5, 0.6) is 0 Å². The second-order valence-electron chi connectivity index (χ2n) is 10.2. The summed E-state index contributed by atoms with van der Waals surface area (Å²) in [6, 6.07) is 0. The van der Waals surface area contributed by atoms with Gasteiger partial charge in [0.2, 0.25) is 13.6 Å². The van der Waals surface area contributed by atoms with Crippen LogP contribution < -0.4 is 11.2 Å². The molecule has 0 saturated carbocycles. The zero-order chi connectivity index (χ0) is 32.3. The molecule has 1 aromatic heterocycles. The van der Waals surface area contributed by atoms with Crippen molar-refractivity contribution in [1.82, 2.24) is 9.55 Å². The van der Waals surface area contributed by atoms with Crippen molar-refractivity contribution in [2.24, 2.45) is 0 Å². The number of nitrogens with zero attached hydrogens (tertiary/aromatic N) is 1. The molecule has 1 aliphatic rings. The topological polar surface area (TPSA) is 163 Å². The summed E-state index contributed by atoms with van der Waals surface area (Å²) in [5, 5.41) is 0. The quantitative estimate of drug-likeness (QED) is 0.160. The van der Waals surface area contributed by atoms with Crippen LogP contribution in [0, 0.1) is 0 Å². The molecule has 1 saturated heterocycles. The predicted octanol–water partition coefficient (Wildman–Crippen LogP) is 4.91. The van der Waals surface area contributed by atoms with Crippen LogP contribution in [0.2, 0.25) is 0 Å². The first-order valence-electron chi connectivity index (χ1n) is 12.2. The fourth-order valence-corrected chi connectivity index (χ4v) is 3.75. The molecule has 1 aliphatic heterocycles. The molecule has 2 unspecified atom stereocenters. The molecule has 1 fully saturated rings. The van der Waals surface area contributed by atoms with Gasteiger partial charge in [0.1, 0.15) is 23.0 Å². The monoisotopic (exact) mass is 638 g/mol. The predicted molar refractivity (Wildman–Crippen MR) is 136 cm³/mol. The van der Waals surface area contributed by atoms with Gasteiger partial charge < -0.3 is 28.2 Å². The third kappa shape index (κ3) is 13.9. The summed E-state index contributed by atoms with van der Waals surface area (Å²) >= 11 is 0. The first-order chi connectivity index (χ1) is 19.3. The van der Waals surface area contributed by atoms with E-state index in [2.05, 4.69) is 0 Å². The van der Waals surface area contributed by atoms with E-state index < -0.39 is 81.0 Å². The molecule has 0 bridgehead atoms. The van der Waals surface area contributed by atoms with Crippen LogP contribution in [-0.2, 0) is 43.4 Å². The van der Waals surface area contributed by atoms with Crippen molar-refractivity contribution in [3.05, 3.63) is 32.6 Å². The number of halogens is 4. The van der Waals surface area contributed by atoms with E-state index in [4.69, 9.17) is 37.3 Å². The molecule has 1 N–H and O–H groups in total. The Morgan fingerprint density at radius 1 is 0.929 bits per heavy atom. The van der Waals surface area contributed by atoms with Crippen molar-refractivity contribution in [1.29, 1.82) is 0 Å². The minimum Gasteiger partial charge on any atom is -0.429 e. The first-order valence-corrected chi connectivity index (χ1v) is 13.3. The second-order valence-corrected chi connectivity index (χ2v) is 11.4. The number of hydrogen-bond donors (Lipinski definition) is 1. The molecule has 0 spiro atoms. The number of aromatic amines is 1. The van der Waals surface area contributed by atoms with Crippen molar-refractivity contribution in [3.63, 3.8) is 0 Å². The van der Waals surface area contributed by atoms with E-state index >= 15 is 0 Å². The van der Waals surface area contributed by atoms with Crippen LogP contribution in [0.1, 0.15) is 66.2 Å². The Balaban J connectivity index is 0.00000431. The third-order valence-electron chi connectivity index (χ3n) is 4.48. The summed E-state index contributed by atoms with van der Waals surface area (Å²) in [6.07, 6.45) is -8.09. The highest BCUT2D eigenvalue weighted by Gasteiger charge is 2.37. The second kappa shape index (κ2) is 16.2. The van der Waals surface area contributed by atoms with Gasteiger partial charge in [-0.15, -0.1) is 0 Å². The van der Waals surface area contributed by atoms with E-state index in [1.807, 2.05) is 0 Å². The standard InChI is InChI=1S/C22H32F3N2O12P.CH3F/c1-20(2,3)38-18(30)32-11-35-40(36-12-33-19(31)39-21(4,5)6)34-10-13-7-8-15(37-13)27-9-14(22(23,24)25)16(28)26-17(27)29;1-2/h9,13,15H,7-8,10-12H2,1-6H3,(H,26,28,29);1H3. The SMILES string of the molecule is CC(C)(C)OC(=O)OCOP(OCOC(=O)OC(C)(C)C)OCC1CCC(n2cc(C(F)(F)F)c(=O)[nH]c2=O)O1.CF. The number of hydrogen-bond acceptors (Lipinski definition) is 12. The summed E-state index contributed by atoms with van der Waals surface area (Å²) < 4.78 is 90.6. The lowest BCUT2D eigenvalue weighted by Crippen LogP contribution is -2.36. The van der Waals surface area contributed by atoms with Crippen LogP contribution in [-0.4, -0.2) is 66.5 Å². The summed E-state index contributed by atoms with van der Waals surface area (Å²) in [4.78, 5) is 48.7. The fraction of sp³-hybridized carbons (Fsp3) is 0.739. The van der Waals surface area contributed by atoms with Gasteiger partial charge in [-0.2, -0.15) is 13.2 Å². The molecule has 19 heteroatoms. The molecule has 0 amide bonds. The van der Waals surface area contributed by atoms with Crippen molar-refractivity contribution >= 4 is 20.9 Å². The Labute approximate surface area is 239 Å². The largest absolute Gasteiger partial charge is 0.510 e. The van der Waals surface area contributed by atoms with Crippen LogP contribution in [0.25, 0.3) is 0 Å². The van der Waals surface area contributed by atoms with Gasteiger partial charge in [-0.25, -0.2) is 14.4 Å². The molecule has 1 aromatic rings. The Morgan fingerprint density at radius 3 is 1.88 bits per heavy atom. The molecular formula is C23H35F4N2O12P. The highest BCUT2D eigenvalue weighted by Crippen LogP contribution is 2.41. The highest BCUT2D eigenvalue weighted by molar-refractivity contribution is 7.41. The average molecular weight is 639 g/mol. The Kier molecular flexibility index (Phi) is 14.3. The maximum absolute atomic E-state index is 13.1. The van der Waals surface area contributed by atoms with Gasteiger partial charge >= 0.3 is 32.8 Å². The van der Waals surface area contributed by atoms with Gasteiger partial charge in [-0.3, -0.25) is 27.8 Å². The zero-order valence-corrected chi connectivity index (χ0v) is 25.0. The van der Waals surface area contributed by atoms with Crippen molar-refractivity contribution in [2.75, 3.05) is 27.4 Å². The lowest BCUT2D eigenvalue weighted by atomic mass is 10.2. The van der Waals surface area contributed by atoms with E-state index in [1.165, 1.54) is 0 Å². The number of rotatable bonds is 10. The Hall–Kier alpha value is -2.79. The lowest BCUT2D eigenvalue weighted by molar-refractivity contribution is -0.139. The third-order valence-corrected chi connectivity index (χ3v) is 5.48. The van der Waals surface area contributed by atoms with E-state index in [0.717, 1.165) is 0 Å². The number of carbonyl (C=O) groups excluding carboxylic acids is 2. The van der Waals surface area contributed by atoms with Crippen molar-refractivity contribution < 1.29 is 64.4 Å². The molecule has 14 nitrogen and oxygen atoms in total. The molecule has 0 aliphatic carbocycles. The van der Waals surface area contributed by atoms with Crippen LogP contribution in [0.15, 0.2) is 15.8 Å². The molecule has 2 heterocycles. The van der Waals surface area contributed by atoms with Crippen molar-refractivity contribution in [3.8, 4) is 0 Å². The van der Waals surface area contributed by atoms with Gasteiger partial charge in [-0.1, -0.05) is 0 Å². The minimum atomic E-state index is -4.97. The maximum atomic E-state index is 13.1. The summed E-state index contributed by atoms with van der Waals surface area (Å²) in [5.74, 6) is 0. The molecule has 2 rings (SSSR count). The van der Waals surface area contributed by atoms with E-state index in [1.54, 1.807) is 46.5 Å². The average Bonchev–Trinajstić information content (AvgIpc) is 3.29. The number of alkyl halides is 4. The number of H-pyrrole nitrogens is 1. The van der Waals surface area contributed by atoms with Gasteiger partial charge in [0, 0.05) is 6.20 Å². The molecule has 2 atom stereocenters. The normalized spacial score (nSPS) is 17.3. The Bertz CT molecular complexity index is 1100. The summed E-state index contributed by atoms with van der Waals surface area (Å²) in [5.41, 5.74) is -5.82. The summed E-state index contributed by atoms with van der Waals surface area (Å²) in [7, 11) is -1.81. The van der Waals surface area contributed by atoms with Gasteiger partial charge in [0.15, 0.2) is 0 Å².